The van der Waals surface area contributed by atoms with Crippen LogP contribution in [-0.2, 0) is 0 Å². The number of hydrogen-bond donors (Lipinski definition) is 0. The molecule has 2 aromatic heterocycles. The predicted molar refractivity (Wildman–Crippen MR) is 78.4 cm³/mol. The summed E-state index contributed by atoms with van der Waals surface area (Å²) in [6.45, 7) is 6.93. The minimum atomic E-state index is -1.28. The lowest BCUT2D eigenvalue weighted by Crippen LogP contribution is -2.37. The second kappa shape index (κ2) is 4.75. The van der Waals surface area contributed by atoms with Crippen molar-refractivity contribution in [2.45, 2.75) is 19.6 Å². The largest absolute Gasteiger partial charge is 0.255 e. The quantitative estimate of drug-likeness (QED) is 0.606. The molecule has 0 aliphatic heterocycles. The molecule has 0 fully saturated rings. The van der Waals surface area contributed by atoms with Crippen LogP contribution in [0.1, 0.15) is 5.56 Å². The maximum atomic E-state index is 5.31. The Kier molecular flexibility index (Phi) is 3.31. The molecule has 2 nitrogen and oxygen atoms in total. The molecule has 0 N–H and O–H groups in total. The highest BCUT2D eigenvalue weighted by atomic mass is 28.3. The minimum Gasteiger partial charge on any atom is -0.255 e. The minimum absolute atomic E-state index is 0.789. The molecule has 18 heavy (non-hydrogen) atoms. The van der Waals surface area contributed by atoms with Crippen LogP contribution in [0.25, 0.3) is 11.4 Å². The molecule has 0 aromatic carbocycles. The van der Waals surface area contributed by atoms with Gasteiger partial charge in [0.1, 0.15) is 0 Å². The lowest BCUT2D eigenvalue weighted by Gasteiger charge is -2.15. The van der Waals surface area contributed by atoms with Crippen molar-refractivity contribution in [2.24, 2.45) is 0 Å². The van der Waals surface area contributed by atoms with Gasteiger partial charge in [0.15, 0.2) is 0 Å². The summed E-state index contributed by atoms with van der Waals surface area (Å²) in [6, 6.07) is 7.99. The van der Waals surface area contributed by atoms with Gasteiger partial charge >= 0.3 is 0 Å². The number of terminal acetylenes is 1. The molecular formula is C15H16N2Si. The molecule has 3 heteroatoms. The number of hydrogen-bond acceptors (Lipinski definition) is 2. The van der Waals surface area contributed by atoms with E-state index in [1.807, 2.05) is 24.4 Å². The molecule has 0 radical (unpaired) electrons. The van der Waals surface area contributed by atoms with Crippen molar-refractivity contribution in [3.05, 3.63) is 42.2 Å². The Labute approximate surface area is 109 Å². The van der Waals surface area contributed by atoms with E-state index in [0.29, 0.717) is 0 Å². The van der Waals surface area contributed by atoms with Crippen molar-refractivity contribution < 1.29 is 0 Å². The molecule has 2 rings (SSSR count). The summed E-state index contributed by atoms with van der Waals surface area (Å²) < 4.78 is 0. The van der Waals surface area contributed by atoms with E-state index in [1.165, 1.54) is 5.19 Å². The number of nitrogens with zero attached hydrogens (tertiary/aromatic N) is 2. The van der Waals surface area contributed by atoms with Crippen LogP contribution < -0.4 is 5.19 Å². The van der Waals surface area contributed by atoms with Gasteiger partial charge in [-0.05, 0) is 23.4 Å². The summed E-state index contributed by atoms with van der Waals surface area (Å²) in [6.07, 6.45) is 8.97. The Hall–Kier alpha value is -1.92. The Morgan fingerprint density at radius 2 is 1.56 bits per heavy atom. The van der Waals surface area contributed by atoms with Crippen LogP contribution in [0.2, 0.25) is 19.6 Å². The molecule has 90 valence electrons. The maximum Gasteiger partial charge on any atom is 0.0887 e. The second-order valence-corrected chi connectivity index (χ2v) is 10.3. The van der Waals surface area contributed by atoms with Gasteiger partial charge in [-0.2, -0.15) is 0 Å². The standard InChI is InChI=1S/C15H16N2Si/c1-5-12-6-8-14(16-10-12)15-9-7-13(11-17-15)18(2,3)4/h1,6-11H,2-4H3. The first kappa shape index (κ1) is 12.5. The van der Waals surface area contributed by atoms with Gasteiger partial charge < -0.3 is 0 Å². The molecular weight excluding hydrogens is 236 g/mol. The zero-order valence-corrected chi connectivity index (χ0v) is 11.9. The van der Waals surface area contributed by atoms with Crippen molar-refractivity contribution in [3.63, 3.8) is 0 Å². The summed E-state index contributed by atoms with van der Waals surface area (Å²) in [5.74, 6) is 2.56. The van der Waals surface area contributed by atoms with Crippen LogP contribution in [0.4, 0.5) is 0 Å². The molecule has 0 aliphatic rings. The van der Waals surface area contributed by atoms with E-state index < -0.39 is 8.07 Å². The third kappa shape index (κ3) is 2.66. The molecule has 0 unspecified atom stereocenters. The Morgan fingerprint density at radius 3 is 1.94 bits per heavy atom. The van der Waals surface area contributed by atoms with Gasteiger partial charge in [-0.1, -0.05) is 31.6 Å². The number of rotatable bonds is 2. The molecule has 0 aliphatic carbocycles. The van der Waals surface area contributed by atoms with Crippen molar-refractivity contribution in [3.8, 4) is 23.7 Å². The van der Waals surface area contributed by atoms with Gasteiger partial charge in [-0.3, -0.25) is 9.97 Å². The molecule has 0 atom stereocenters. The molecule has 0 saturated heterocycles. The maximum absolute atomic E-state index is 5.31. The first-order valence-corrected chi connectivity index (χ1v) is 9.40. The lowest BCUT2D eigenvalue weighted by atomic mass is 10.2. The highest BCUT2D eigenvalue weighted by Crippen LogP contribution is 2.13. The van der Waals surface area contributed by atoms with Gasteiger partial charge in [-0.25, -0.2) is 0 Å². The van der Waals surface area contributed by atoms with E-state index in [0.717, 1.165) is 17.0 Å². The average Bonchev–Trinajstić information content (AvgIpc) is 2.38. The van der Waals surface area contributed by atoms with E-state index in [-0.39, 0.29) is 0 Å². The van der Waals surface area contributed by atoms with Gasteiger partial charge in [0.2, 0.25) is 0 Å². The van der Waals surface area contributed by atoms with Gasteiger partial charge in [0, 0.05) is 18.0 Å². The van der Waals surface area contributed by atoms with Crippen molar-refractivity contribution >= 4 is 13.3 Å². The van der Waals surface area contributed by atoms with Crippen LogP contribution in [0.15, 0.2) is 36.7 Å². The highest BCUT2D eigenvalue weighted by Gasteiger charge is 2.16. The third-order valence-electron chi connectivity index (χ3n) is 2.82. The van der Waals surface area contributed by atoms with Crippen LogP contribution in [-0.4, -0.2) is 18.0 Å². The molecule has 2 heterocycles. The Bertz CT molecular complexity index is 572. The van der Waals surface area contributed by atoms with Crippen LogP contribution in [0.5, 0.6) is 0 Å². The smallest absolute Gasteiger partial charge is 0.0887 e. The summed E-state index contributed by atoms with van der Waals surface area (Å²) in [5, 5.41) is 1.35. The Balaban J connectivity index is 2.32. The van der Waals surface area contributed by atoms with Crippen LogP contribution >= 0.6 is 0 Å². The highest BCUT2D eigenvalue weighted by molar-refractivity contribution is 6.88. The van der Waals surface area contributed by atoms with Crippen LogP contribution in [0, 0.1) is 12.3 Å². The second-order valence-electron chi connectivity index (χ2n) is 5.26. The molecule has 2 aromatic rings. The van der Waals surface area contributed by atoms with E-state index in [1.54, 1.807) is 6.20 Å². The topological polar surface area (TPSA) is 25.8 Å². The zero-order chi connectivity index (χ0) is 13.2. The Morgan fingerprint density at radius 1 is 0.944 bits per heavy atom. The van der Waals surface area contributed by atoms with E-state index in [2.05, 4.69) is 41.6 Å². The average molecular weight is 252 g/mol. The fourth-order valence-electron chi connectivity index (χ4n) is 1.62. The first-order valence-electron chi connectivity index (χ1n) is 5.90. The molecule has 0 amide bonds. The molecule has 0 saturated carbocycles. The fraction of sp³-hybridized carbons (Fsp3) is 0.200. The summed E-state index contributed by atoms with van der Waals surface area (Å²) >= 11 is 0. The summed E-state index contributed by atoms with van der Waals surface area (Å²) in [7, 11) is -1.28. The van der Waals surface area contributed by atoms with Crippen molar-refractivity contribution in [1.82, 2.24) is 9.97 Å². The first-order chi connectivity index (χ1) is 8.50. The van der Waals surface area contributed by atoms with Gasteiger partial charge in [0.05, 0.1) is 19.5 Å². The van der Waals surface area contributed by atoms with Crippen molar-refractivity contribution in [2.75, 3.05) is 0 Å². The van der Waals surface area contributed by atoms with E-state index in [9.17, 15) is 0 Å². The number of aromatic nitrogens is 2. The SMILES string of the molecule is C#Cc1ccc(-c2ccc([Si](C)(C)C)cn2)nc1. The summed E-state index contributed by atoms with van der Waals surface area (Å²) in [4.78, 5) is 8.81. The van der Waals surface area contributed by atoms with E-state index in [4.69, 9.17) is 6.42 Å². The normalized spacial score (nSPS) is 11.0. The molecule has 0 bridgehead atoms. The molecule has 0 spiro atoms. The predicted octanol–water partition coefficient (Wildman–Crippen LogP) is 2.67. The fourth-order valence-corrected chi connectivity index (χ4v) is 2.65. The van der Waals surface area contributed by atoms with Gasteiger partial charge in [0.25, 0.3) is 0 Å². The van der Waals surface area contributed by atoms with Crippen LogP contribution in [0.3, 0.4) is 0 Å². The zero-order valence-electron chi connectivity index (χ0n) is 10.9. The lowest BCUT2D eigenvalue weighted by molar-refractivity contribution is 1.25. The van der Waals surface area contributed by atoms with E-state index >= 15 is 0 Å². The monoisotopic (exact) mass is 252 g/mol. The van der Waals surface area contributed by atoms with Crippen molar-refractivity contribution in [1.29, 1.82) is 0 Å². The third-order valence-corrected chi connectivity index (χ3v) is 4.85. The summed E-state index contributed by atoms with van der Waals surface area (Å²) in [5.41, 5.74) is 2.54. The van der Waals surface area contributed by atoms with Gasteiger partial charge in [-0.15, -0.1) is 6.42 Å². The number of pyridine rings is 2.